The topological polar surface area (TPSA) is 0 Å². The molecule has 1 aliphatic carbocycles. The van der Waals surface area contributed by atoms with Crippen LogP contribution in [-0.2, 0) is 0 Å². The fraction of sp³-hybridized carbons (Fsp3) is 0.636. The minimum absolute atomic E-state index is 1.01. The molecule has 0 aromatic carbocycles. The zero-order valence-corrected chi connectivity index (χ0v) is 9.61. The molecule has 0 unspecified atom stereocenters. The van der Waals surface area contributed by atoms with Crippen molar-refractivity contribution in [3.63, 3.8) is 0 Å². The molecule has 0 aliphatic heterocycles. The van der Waals surface area contributed by atoms with Crippen LogP contribution in [0.2, 0.25) is 19.6 Å². The molecule has 0 heterocycles. The van der Waals surface area contributed by atoms with Gasteiger partial charge in [0, 0.05) is 0 Å². The summed E-state index contributed by atoms with van der Waals surface area (Å²) >= 11 is 0. The molecule has 0 aromatic heterocycles. The average molecular weight is 180 g/mol. The van der Waals surface area contributed by atoms with E-state index < -0.39 is 8.07 Å². The molecule has 0 spiro atoms. The van der Waals surface area contributed by atoms with Crippen molar-refractivity contribution < 1.29 is 0 Å². The maximum absolute atomic E-state index is 4.13. The number of hydrogen-bond donors (Lipinski definition) is 0. The van der Waals surface area contributed by atoms with Gasteiger partial charge in [0.25, 0.3) is 0 Å². The molecule has 1 fully saturated rings. The van der Waals surface area contributed by atoms with Crippen molar-refractivity contribution in [2.45, 2.75) is 45.3 Å². The summed E-state index contributed by atoms with van der Waals surface area (Å²) in [6.07, 6.45) is 5.23. The lowest BCUT2D eigenvalue weighted by molar-refractivity contribution is 0.681. The van der Waals surface area contributed by atoms with Crippen LogP contribution in [0, 0.1) is 0 Å². The van der Waals surface area contributed by atoms with Gasteiger partial charge in [0.1, 0.15) is 0 Å². The summed E-state index contributed by atoms with van der Waals surface area (Å²) in [6.45, 7) is 11.3. The number of allylic oxidation sites excluding steroid dienone is 2. The number of rotatable bonds is 1. The molecule has 0 atom stereocenters. The van der Waals surface area contributed by atoms with Gasteiger partial charge in [0.2, 0.25) is 0 Å². The lowest BCUT2D eigenvalue weighted by Crippen LogP contribution is -2.18. The van der Waals surface area contributed by atoms with Gasteiger partial charge in [-0.2, -0.15) is 0 Å². The fourth-order valence-corrected chi connectivity index (χ4v) is 3.08. The molecule has 0 bridgehead atoms. The Morgan fingerprint density at radius 1 is 1.17 bits per heavy atom. The van der Waals surface area contributed by atoms with Crippen molar-refractivity contribution in [2.24, 2.45) is 0 Å². The predicted molar refractivity (Wildman–Crippen MR) is 59.0 cm³/mol. The molecule has 0 N–H and O–H groups in total. The minimum Gasteiger partial charge on any atom is -0.0956 e. The third-order valence-electron chi connectivity index (χ3n) is 2.24. The Kier molecular flexibility index (Phi) is 2.94. The van der Waals surface area contributed by atoms with Crippen molar-refractivity contribution in [3.05, 3.63) is 23.4 Å². The molecule has 68 valence electrons. The van der Waals surface area contributed by atoms with Crippen molar-refractivity contribution in [3.8, 4) is 0 Å². The summed E-state index contributed by atoms with van der Waals surface area (Å²) in [5.41, 5.74) is 5.50. The Morgan fingerprint density at radius 2 is 1.75 bits per heavy atom. The normalized spacial score (nSPS) is 23.2. The fourth-order valence-electron chi connectivity index (χ4n) is 1.69. The highest BCUT2D eigenvalue weighted by molar-refractivity contribution is 6.81. The molecule has 0 saturated heterocycles. The van der Waals surface area contributed by atoms with Gasteiger partial charge in [-0.3, -0.25) is 0 Å². The molecule has 0 aromatic rings. The highest BCUT2D eigenvalue weighted by Crippen LogP contribution is 2.28. The highest BCUT2D eigenvalue weighted by atomic mass is 28.3. The van der Waals surface area contributed by atoms with Crippen molar-refractivity contribution >= 4 is 8.07 Å². The Hall–Kier alpha value is -0.303. The van der Waals surface area contributed by atoms with E-state index in [-0.39, 0.29) is 0 Å². The third kappa shape index (κ3) is 2.98. The smallest absolute Gasteiger partial charge is 0.0690 e. The summed E-state index contributed by atoms with van der Waals surface area (Å²) in [4.78, 5) is 0. The van der Waals surface area contributed by atoms with Gasteiger partial charge in [-0.05, 0) is 25.7 Å². The zero-order chi connectivity index (χ0) is 9.19. The van der Waals surface area contributed by atoms with Gasteiger partial charge in [0.05, 0.1) is 8.07 Å². The first-order valence-corrected chi connectivity index (χ1v) is 8.47. The molecule has 0 nitrogen and oxygen atoms in total. The van der Waals surface area contributed by atoms with E-state index in [9.17, 15) is 0 Å². The largest absolute Gasteiger partial charge is 0.0956 e. The van der Waals surface area contributed by atoms with Gasteiger partial charge in [-0.25, -0.2) is 0 Å². The SMILES string of the molecule is C=C1CCCCC1=C[Si](C)(C)C. The van der Waals surface area contributed by atoms with Gasteiger partial charge < -0.3 is 0 Å². The maximum atomic E-state index is 4.13. The summed E-state index contributed by atoms with van der Waals surface area (Å²) in [6, 6.07) is 0. The first-order valence-electron chi connectivity index (χ1n) is 4.89. The van der Waals surface area contributed by atoms with Crippen LogP contribution in [0.3, 0.4) is 0 Å². The van der Waals surface area contributed by atoms with Gasteiger partial charge in [0.15, 0.2) is 0 Å². The summed E-state index contributed by atoms with van der Waals surface area (Å²) in [5.74, 6) is 0. The second-order valence-corrected chi connectivity index (χ2v) is 9.87. The Bertz CT molecular complexity index is 206. The maximum Gasteiger partial charge on any atom is 0.0690 e. The van der Waals surface area contributed by atoms with E-state index in [1.807, 2.05) is 0 Å². The quantitative estimate of drug-likeness (QED) is 0.537. The lowest BCUT2D eigenvalue weighted by Gasteiger charge is -2.20. The van der Waals surface area contributed by atoms with Crippen LogP contribution in [0.15, 0.2) is 23.4 Å². The van der Waals surface area contributed by atoms with E-state index in [2.05, 4.69) is 31.9 Å². The highest BCUT2D eigenvalue weighted by Gasteiger charge is 2.15. The van der Waals surface area contributed by atoms with Crippen LogP contribution in [-0.4, -0.2) is 8.07 Å². The van der Waals surface area contributed by atoms with E-state index in [0.717, 1.165) is 0 Å². The van der Waals surface area contributed by atoms with Gasteiger partial charge in [-0.15, -0.1) is 0 Å². The van der Waals surface area contributed by atoms with E-state index >= 15 is 0 Å². The van der Waals surface area contributed by atoms with Crippen molar-refractivity contribution in [1.82, 2.24) is 0 Å². The first-order chi connectivity index (χ1) is 5.49. The van der Waals surface area contributed by atoms with Crippen molar-refractivity contribution in [1.29, 1.82) is 0 Å². The molecular formula is C11H20Si. The Balaban J connectivity index is 2.72. The van der Waals surface area contributed by atoms with Crippen molar-refractivity contribution in [2.75, 3.05) is 0 Å². The second-order valence-electron chi connectivity index (χ2n) is 4.85. The van der Waals surface area contributed by atoms with Gasteiger partial charge in [-0.1, -0.05) is 43.1 Å². The van der Waals surface area contributed by atoms with Gasteiger partial charge >= 0.3 is 0 Å². The third-order valence-corrected chi connectivity index (χ3v) is 3.45. The molecule has 1 aliphatic rings. The number of hydrogen-bond acceptors (Lipinski definition) is 0. The first kappa shape index (κ1) is 9.78. The van der Waals surface area contributed by atoms with E-state index in [1.54, 1.807) is 5.57 Å². The molecule has 12 heavy (non-hydrogen) atoms. The monoisotopic (exact) mass is 180 g/mol. The van der Waals surface area contributed by atoms with Crippen LogP contribution in [0.25, 0.3) is 0 Å². The standard InChI is InChI=1S/C11H20Si/c1-10-7-5-6-8-11(10)9-12(2,3)4/h9H,1,5-8H2,2-4H3. The molecule has 1 rings (SSSR count). The molecular weight excluding hydrogens is 160 g/mol. The van der Waals surface area contributed by atoms with E-state index in [0.29, 0.717) is 0 Å². The molecule has 0 amide bonds. The van der Waals surface area contributed by atoms with E-state index in [1.165, 1.54) is 31.3 Å². The van der Waals surface area contributed by atoms with Crippen LogP contribution in [0.5, 0.6) is 0 Å². The minimum atomic E-state index is -1.01. The summed E-state index contributed by atoms with van der Waals surface area (Å²) in [5, 5.41) is 0. The summed E-state index contributed by atoms with van der Waals surface area (Å²) < 4.78 is 0. The second kappa shape index (κ2) is 3.61. The zero-order valence-electron chi connectivity index (χ0n) is 8.61. The summed E-state index contributed by atoms with van der Waals surface area (Å²) in [7, 11) is -1.01. The van der Waals surface area contributed by atoms with Crippen LogP contribution < -0.4 is 0 Å². The predicted octanol–water partition coefficient (Wildman–Crippen LogP) is 3.92. The molecule has 1 heteroatoms. The van der Waals surface area contributed by atoms with Crippen LogP contribution >= 0.6 is 0 Å². The Labute approximate surface area is 77.4 Å². The van der Waals surface area contributed by atoms with Crippen LogP contribution in [0.4, 0.5) is 0 Å². The molecule has 1 saturated carbocycles. The Morgan fingerprint density at radius 3 is 2.25 bits per heavy atom. The molecule has 0 radical (unpaired) electrons. The lowest BCUT2D eigenvalue weighted by atomic mass is 9.92. The average Bonchev–Trinajstić information content (AvgIpc) is 1.91. The van der Waals surface area contributed by atoms with Crippen LogP contribution in [0.1, 0.15) is 25.7 Å². The van der Waals surface area contributed by atoms with E-state index in [4.69, 9.17) is 0 Å².